The van der Waals surface area contributed by atoms with E-state index in [9.17, 15) is 0 Å². The molecule has 3 aromatic rings. The summed E-state index contributed by atoms with van der Waals surface area (Å²) in [6.07, 6.45) is 0. The molecule has 0 aliphatic rings. The van der Waals surface area contributed by atoms with Crippen molar-refractivity contribution in [3.8, 4) is 0 Å². The van der Waals surface area contributed by atoms with E-state index in [2.05, 4.69) is 29.2 Å². The molecular weight excluding hydrogens is 204 g/mol. The summed E-state index contributed by atoms with van der Waals surface area (Å²) in [5, 5.41) is 3.45. The first-order valence-corrected chi connectivity index (χ1v) is 5.67. The molecule has 0 saturated carbocycles. The van der Waals surface area contributed by atoms with E-state index in [4.69, 9.17) is 5.73 Å². The van der Waals surface area contributed by atoms with Crippen molar-refractivity contribution in [2.45, 2.75) is 6.54 Å². The number of fused-ring (bicyclic) bond motifs is 3. The maximum Gasteiger partial charge on any atom is 0.107 e. The van der Waals surface area contributed by atoms with Crippen molar-refractivity contribution in [1.82, 2.24) is 4.98 Å². The van der Waals surface area contributed by atoms with Gasteiger partial charge in [0.05, 0.1) is 10.2 Å². The highest BCUT2D eigenvalue weighted by molar-refractivity contribution is 7.18. The monoisotopic (exact) mass is 214 g/mol. The van der Waals surface area contributed by atoms with Crippen LogP contribution in [0, 0.1) is 0 Å². The molecule has 74 valence electrons. The number of hydrogen-bond acceptors (Lipinski definition) is 3. The summed E-state index contributed by atoms with van der Waals surface area (Å²) in [5.41, 5.74) is 6.69. The highest BCUT2D eigenvalue weighted by Crippen LogP contribution is 2.28. The maximum absolute atomic E-state index is 5.61. The van der Waals surface area contributed by atoms with E-state index in [-0.39, 0.29) is 0 Å². The molecule has 0 bridgehead atoms. The van der Waals surface area contributed by atoms with Gasteiger partial charge in [0.15, 0.2) is 0 Å². The summed E-state index contributed by atoms with van der Waals surface area (Å²) < 4.78 is 1.22. The van der Waals surface area contributed by atoms with E-state index in [1.165, 1.54) is 15.5 Å². The first-order chi connectivity index (χ1) is 7.38. The van der Waals surface area contributed by atoms with Crippen LogP contribution in [0.2, 0.25) is 0 Å². The number of nitrogens with zero attached hydrogens (tertiary/aromatic N) is 1. The Kier molecular flexibility index (Phi) is 1.94. The van der Waals surface area contributed by atoms with E-state index >= 15 is 0 Å². The fourth-order valence-corrected chi connectivity index (χ4v) is 2.66. The van der Waals surface area contributed by atoms with Gasteiger partial charge in [0.1, 0.15) is 5.01 Å². The Balaban J connectivity index is 2.47. The van der Waals surface area contributed by atoms with E-state index in [1.54, 1.807) is 11.3 Å². The number of rotatable bonds is 1. The average molecular weight is 214 g/mol. The van der Waals surface area contributed by atoms with E-state index < -0.39 is 0 Å². The van der Waals surface area contributed by atoms with Gasteiger partial charge in [0.25, 0.3) is 0 Å². The predicted molar refractivity (Wildman–Crippen MR) is 65.0 cm³/mol. The summed E-state index contributed by atoms with van der Waals surface area (Å²) in [5.74, 6) is 0. The molecule has 15 heavy (non-hydrogen) atoms. The molecule has 2 N–H and O–H groups in total. The topological polar surface area (TPSA) is 38.9 Å². The first kappa shape index (κ1) is 8.83. The van der Waals surface area contributed by atoms with Crippen LogP contribution in [0.3, 0.4) is 0 Å². The fraction of sp³-hybridized carbons (Fsp3) is 0.0833. The summed E-state index contributed by atoms with van der Waals surface area (Å²) in [6.45, 7) is 0.522. The highest BCUT2D eigenvalue weighted by Gasteiger charge is 2.05. The van der Waals surface area contributed by atoms with Crippen LogP contribution in [0.25, 0.3) is 21.0 Å². The van der Waals surface area contributed by atoms with Gasteiger partial charge in [-0.05, 0) is 11.5 Å². The molecule has 0 unspecified atom stereocenters. The van der Waals surface area contributed by atoms with Gasteiger partial charge in [-0.2, -0.15) is 0 Å². The third-order valence-corrected chi connectivity index (χ3v) is 3.55. The van der Waals surface area contributed by atoms with Gasteiger partial charge in [0, 0.05) is 11.9 Å². The van der Waals surface area contributed by atoms with Crippen LogP contribution in [0.5, 0.6) is 0 Å². The summed E-state index contributed by atoms with van der Waals surface area (Å²) in [4.78, 5) is 4.55. The minimum absolute atomic E-state index is 0.522. The van der Waals surface area contributed by atoms with E-state index in [0.717, 1.165) is 10.5 Å². The van der Waals surface area contributed by atoms with Crippen molar-refractivity contribution >= 4 is 32.3 Å². The van der Waals surface area contributed by atoms with Crippen molar-refractivity contribution in [3.05, 3.63) is 41.4 Å². The Labute approximate surface area is 91.4 Å². The second-order valence-electron chi connectivity index (χ2n) is 3.45. The lowest BCUT2D eigenvalue weighted by atomic mass is 10.1. The Morgan fingerprint density at radius 1 is 1.13 bits per heavy atom. The fourth-order valence-electron chi connectivity index (χ4n) is 1.79. The third kappa shape index (κ3) is 1.32. The van der Waals surface area contributed by atoms with Crippen LogP contribution >= 0.6 is 11.3 Å². The molecule has 0 saturated heterocycles. The van der Waals surface area contributed by atoms with Gasteiger partial charge in [-0.1, -0.05) is 30.3 Å². The zero-order chi connectivity index (χ0) is 10.3. The lowest BCUT2D eigenvalue weighted by Crippen LogP contribution is -1.93. The molecule has 0 atom stereocenters. The Morgan fingerprint density at radius 2 is 2.00 bits per heavy atom. The van der Waals surface area contributed by atoms with Gasteiger partial charge in [-0.15, -0.1) is 11.3 Å². The van der Waals surface area contributed by atoms with Crippen LogP contribution in [0.15, 0.2) is 36.4 Å². The molecule has 0 aliphatic heterocycles. The normalized spacial score (nSPS) is 11.3. The summed E-state index contributed by atoms with van der Waals surface area (Å²) >= 11 is 1.68. The third-order valence-electron chi connectivity index (χ3n) is 2.50. The Bertz CT molecular complexity index is 628. The molecule has 2 aromatic carbocycles. The van der Waals surface area contributed by atoms with Crippen molar-refractivity contribution in [2.75, 3.05) is 0 Å². The van der Waals surface area contributed by atoms with Gasteiger partial charge < -0.3 is 5.73 Å². The molecule has 0 fully saturated rings. The molecule has 0 radical (unpaired) electrons. The van der Waals surface area contributed by atoms with Crippen LogP contribution in [0.4, 0.5) is 0 Å². The molecule has 3 rings (SSSR count). The van der Waals surface area contributed by atoms with Crippen molar-refractivity contribution in [3.63, 3.8) is 0 Å². The number of nitrogens with two attached hydrogens (primary N) is 1. The predicted octanol–water partition coefficient (Wildman–Crippen LogP) is 2.91. The first-order valence-electron chi connectivity index (χ1n) is 4.86. The zero-order valence-electron chi connectivity index (χ0n) is 8.10. The number of thiazole rings is 1. The minimum atomic E-state index is 0.522. The van der Waals surface area contributed by atoms with Crippen molar-refractivity contribution < 1.29 is 0 Å². The standard InChI is InChI=1S/C12H10N2S/c13-7-11-14-12-9-4-2-1-3-8(9)5-6-10(12)15-11/h1-6H,7,13H2. The van der Waals surface area contributed by atoms with Gasteiger partial charge in [-0.25, -0.2) is 4.98 Å². The lowest BCUT2D eigenvalue weighted by molar-refractivity contribution is 1.05. The lowest BCUT2D eigenvalue weighted by Gasteiger charge is -1.96. The quantitative estimate of drug-likeness (QED) is 0.676. The molecule has 2 nitrogen and oxygen atoms in total. The smallest absolute Gasteiger partial charge is 0.107 e. The van der Waals surface area contributed by atoms with Gasteiger partial charge in [0.2, 0.25) is 0 Å². The largest absolute Gasteiger partial charge is 0.325 e. The second kappa shape index (κ2) is 3.29. The highest BCUT2D eigenvalue weighted by atomic mass is 32.1. The van der Waals surface area contributed by atoms with Crippen LogP contribution < -0.4 is 5.73 Å². The van der Waals surface area contributed by atoms with Crippen LogP contribution in [-0.2, 0) is 6.54 Å². The Morgan fingerprint density at radius 3 is 2.87 bits per heavy atom. The van der Waals surface area contributed by atoms with Gasteiger partial charge >= 0.3 is 0 Å². The van der Waals surface area contributed by atoms with Crippen LogP contribution in [0.1, 0.15) is 5.01 Å². The van der Waals surface area contributed by atoms with Crippen molar-refractivity contribution in [2.24, 2.45) is 5.73 Å². The average Bonchev–Trinajstić information content (AvgIpc) is 2.72. The summed E-state index contributed by atoms with van der Waals surface area (Å²) in [7, 11) is 0. The Hall–Kier alpha value is -1.45. The van der Waals surface area contributed by atoms with E-state index in [0.29, 0.717) is 6.54 Å². The zero-order valence-corrected chi connectivity index (χ0v) is 8.92. The molecule has 3 heteroatoms. The molecule has 0 spiro atoms. The number of aromatic nitrogens is 1. The number of benzene rings is 2. The number of hydrogen-bond donors (Lipinski definition) is 1. The molecule has 1 heterocycles. The van der Waals surface area contributed by atoms with E-state index in [1.807, 2.05) is 12.1 Å². The maximum atomic E-state index is 5.61. The minimum Gasteiger partial charge on any atom is -0.325 e. The molecule has 0 aliphatic carbocycles. The SMILES string of the molecule is NCc1nc2c(ccc3ccccc32)s1. The molecule has 0 amide bonds. The molecular formula is C12H10N2S. The van der Waals surface area contributed by atoms with Crippen LogP contribution in [-0.4, -0.2) is 4.98 Å². The second-order valence-corrected chi connectivity index (χ2v) is 4.56. The van der Waals surface area contributed by atoms with Crippen molar-refractivity contribution in [1.29, 1.82) is 0 Å². The van der Waals surface area contributed by atoms with Gasteiger partial charge in [-0.3, -0.25) is 0 Å². The molecule has 1 aromatic heterocycles. The summed E-state index contributed by atoms with van der Waals surface area (Å²) in [6, 6.07) is 12.6.